The molecular weight excluding hydrogens is 380 g/mol. The standard InChI is InChI=1S/C24H38N2O4/c1-5-22(19(2)16-25(3)4)20-10-9-11-21(14-20)30-26(18-27)17-24(15-23(28)29)12-7-6-8-13-24/h9-11,14,18-19,22H,5-8,12-13,15-17H2,1-4H3,(H,28,29)/t19-,22-/m0/s1. The van der Waals surface area contributed by atoms with E-state index in [-0.39, 0.29) is 6.42 Å². The van der Waals surface area contributed by atoms with Gasteiger partial charge >= 0.3 is 5.97 Å². The zero-order chi connectivity index (χ0) is 22.1. The summed E-state index contributed by atoms with van der Waals surface area (Å²) in [5.41, 5.74) is 0.794. The molecule has 2 rings (SSSR count). The van der Waals surface area contributed by atoms with Crippen LogP contribution in [0.5, 0.6) is 5.75 Å². The monoisotopic (exact) mass is 418 g/mol. The van der Waals surface area contributed by atoms with Crippen molar-refractivity contribution in [2.75, 3.05) is 27.2 Å². The third kappa shape index (κ3) is 7.01. The summed E-state index contributed by atoms with van der Waals surface area (Å²) in [6.45, 7) is 5.77. The lowest BCUT2D eigenvalue weighted by Gasteiger charge is -2.38. The Morgan fingerprint density at radius 3 is 2.53 bits per heavy atom. The molecular formula is C24H38N2O4. The maximum atomic E-state index is 11.8. The van der Waals surface area contributed by atoms with Gasteiger partial charge in [-0.1, -0.05) is 45.2 Å². The van der Waals surface area contributed by atoms with Crippen LogP contribution in [0.15, 0.2) is 24.3 Å². The summed E-state index contributed by atoms with van der Waals surface area (Å²) in [6, 6.07) is 7.95. The van der Waals surface area contributed by atoms with Crippen molar-refractivity contribution in [3.8, 4) is 5.75 Å². The molecule has 1 aliphatic rings. The van der Waals surface area contributed by atoms with E-state index in [1.807, 2.05) is 18.2 Å². The first kappa shape index (κ1) is 24.2. The van der Waals surface area contributed by atoms with E-state index in [2.05, 4.69) is 38.9 Å². The first-order chi connectivity index (χ1) is 14.3. The maximum absolute atomic E-state index is 11.8. The Hall–Kier alpha value is -2.08. The highest BCUT2D eigenvalue weighted by Gasteiger charge is 2.37. The van der Waals surface area contributed by atoms with Crippen LogP contribution in [0, 0.1) is 11.3 Å². The zero-order valence-corrected chi connectivity index (χ0v) is 19.0. The average Bonchev–Trinajstić information content (AvgIpc) is 2.68. The van der Waals surface area contributed by atoms with Crippen LogP contribution in [0.4, 0.5) is 0 Å². The highest BCUT2D eigenvalue weighted by Crippen LogP contribution is 2.40. The second-order valence-electron chi connectivity index (χ2n) is 9.23. The molecule has 0 bridgehead atoms. The van der Waals surface area contributed by atoms with Gasteiger partial charge < -0.3 is 14.8 Å². The molecule has 0 unspecified atom stereocenters. The molecule has 1 aromatic carbocycles. The lowest BCUT2D eigenvalue weighted by Crippen LogP contribution is -2.41. The SMILES string of the molecule is CC[C@H](c1cccc(ON(C=O)CC2(CC(=O)O)CCCCC2)c1)[C@@H](C)CN(C)C. The van der Waals surface area contributed by atoms with Gasteiger partial charge in [-0.2, -0.15) is 5.06 Å². The lowest BCUT2D eigenvalue weighted by atomic mass is 9.71. The van der Waals surface area contributed by atoms with E-state index < -0.39 is 11.4 Å². The molecule has 0 saturated heterocycles. The summed E-state index contributed by atoms with van der Waals surface area (Å²) in [7, 11) is 4.17. The predicted molar refractivity (Wildman–Crippen MR) is 118 cm³/mol. The smallest absolute Gasteiger partial charge is 0.303 e. The summed E-state index contributed by atoms with van der Waals surface area (Å²) < 4.78 is 0. The molecule has 1 aliphatic carbocycles. The lowest BCUT2D eigenvalue weighted by molar-refractivity contribution is -0.154. The summed E-state index contributed by atoms with van der Waals surface area (Å²) in [6.07, 6.45) is 6.51. The third-order valence-electron chi connectivity index (χ3n) is 6.34. The van der Waals surface area contributed by atoms with Gasteiger partial charge in [0.15, 0.2) is 5.75 Å². The van der Waals surface area contributed by atoms with E-state index in [0.29, 0.717) is 30.5 Å². The minimum atomic E-state index is -0.814. The molecule has 0 aromatic heterocycles. The topological polar surface area (TPSA) is 70.1 Å². The van der Waals surface area contributed by atoms with Gasteiger partial charge in [-0.3, -0.25) is 9.59 Å². The predicted octanol–water partition coefficient (Wildman–Crippen LogP) is 4.56. The molecule has 30 heavy (non-hydrogen) atoms. The minimum absolute atomic E-state index is 0.0701. The number of aliphatic carboxylic acids is 1. The summed E-state index contributed by atoms with van der Waals surface area (Å²) >= 11 is 0. The summed E-state index contributed by atoms with van der Waals surface area (Å²) in [4.78, 5) is 31.3. The Kier molecular flexibility index (Phi) is 9.15. The van der Waals surface area contributed by atoms with Crippen LogP contribution < -0.4 is 4.84 Å². The van der Waals surface area contributed by atoms with Crippen molar-refractivity contribution in [3.63, 3.8) is 0 Å². The van der Waals surface area contributed by atoms with Gasteiger partial charge in [0, 0.05) is 12.0 Å². The van der Waals surface area contributed by atoms with Crippen LogP contribution in [-0.2, 0) is 9.59 Å². The molecule has 0 spiro atoms. The van der Waals surface area contributed by atoms with Crippen molar-refractivity contribution in [1.82, 2.24) is 9.96 Å². The third-order valence-corrected chi connectivity index (χ3v) is 6.34. The molecule has 6 nitrogen and oxygen atoms in total. The fraction of sp³-hybridized carbons (Fsp3) is 0.667. The normalized spacial score (nSPS) is 17.9. The molecule has 1 N–H and O–H groups in total. The van der Waals surface area contributed by atoms with Gasteiger partial charge in [-0.15, -0.1) is 0 Å². The van der Waals surface area contributed by atoms with Gasteiger partial charge in [0.2, 0.25) is 6.41 Å². The van der Waals surface area contributed by atoms with Crippen molar-refractivity contribution in [3.05, 3.63) is 29.8 Å². The van der Waals surface area contributed by atoms with E-state index >= 15 is 0 Å². The molecule has 0 aliphatic heterocycles. The second kappa shape index (κ2) is 11.3. The molecule has 1 amide bonds. The highest BCUT2D eigenvalue weighted by molar-refractivity contribution is 5.67. The number of benzene rings is 1. The summed E-state index contributed by atoms with van der Waals surface area (Å²) in [5.74, 6) is 0.697. The Labute approximate surface area is 181 Å². The first-order valence-electron chi connectivity index (χ1n) is 11.1. The number of carbonyl (C=O) groups excluding carboxylic acids is 1. The number of rotatable bonds is 12. The van der Waals surface area contributed by atoms with E-state index in [0.717, 1.165) is 45.1 Å². The van der Waals surface area contributed by atoms with Gasteiger partial charge in [0.05, 0.1) is 13.0 Å². The van der Waals surface area contributed by atoms with Crippen LogP contribution >= 0.6 is 0 Å². The highest BCUT2D eigenvalue weighted by atomic mass is 16.7. The van der Waals surface area contributed by atoms with E-state index in [4.69, 9.17) is 4.84 Å². The van der Waals surface area contributed by atoms with Crippen molar-refractivity contribution >= 4 is 12.4 Å². The van der Waals surface area contributed by atoms with Crippen molar-refractivity contribution in [2.45, 2.75) is 64.7 Å². The second-order valence-corrected chi connectivity index (χ2v) is 9.23. The Morgan fingerprint density at radius 1 is 1.27 bits per heavy atom. The quantitative estimate of drug-likeness (QED) is 0.398. The maximum Gasteiger partial charge on any atom is 0.303 e. The molecule has 6 heteroatoms. The van der Waals surface area contributed by atoms with Gasteiger partial charge in [-0.25, -0.2) is 0 Å². The van der Waals surface area contributed by atoms with E-state index in [1.54, 1.807) is 0 Å². The van der Waals surface area contributed by atoms with Crippen LogP contribution in [0.25, 0.3) is 0 Å². The zero-order valence-electron chi connectivity index (χ0n) is 19.0. The number of hydrogen-bond acceptors (Lipinski definition) is 4. The molecule has 1 fully saturated rings. The molecule has 1 aromatic rings. The number of amides is 1. The summed E-state index contributed by atoms with van der Waals surface area (Å²) in [5, 5.41) is 10.7. The number of carbonyl (C=O) groups is 2. The Balaban J connectivity index is 2.14. The fourth-order valence-corrected chi connectivity index (χ4v) is 5.04. The average molecular weight is 419 g/mol. The number of carboxylic acid groups (broad SMARTS) is 1. The van der Waals surface area contributed by atoms with Gasteiger partial charge in [0.25, 0.3) is 0 Å². The molecule has 168 valence electrons. The van der Waals surface area contributed by atoms with E-state index in [9.17, 15) is 14.7 Å². The van der Waals surface area contributed by atoms with Crippen LogP contribution in [0.3, 0.4) is 0 Å². The molecule has 0 heterocycles. The van der Waals surface area contributed by atoms with Gasteiger partial charge in [-0.05, 0) is 62.9 Å². The number of nitrogens with zero attached hydrogens (tertiary/aromatic N) is 2. The number of hydroxylamine groups is 2. The van der Waals surface area contributed by atoms with E-state index in [1.165, 1.54) is 10.6 Å². The fourth-order valence-electron chi connectivity index (χ4n) is 5.04. The molecule has 1 saturated carbocycles. The van der Waals surface area contributed by atoms with Crippen molar-refractivity contribution in [1.29, 1.82) is 0 Å². The number of hydrogen-bond donors (Lipinski definition) is 1. The van der Waals surface area contributed by atoms with Crippen LogP contribution in [-0.4, -0.2) is 54.6 Å². The van der Waals surface area contributed by atoms with Crippen LogP contribution in [0.2, 0.25) is 0 Å². The minimum Gasteiger partial charge on any atom is -0.481 e. The van der Waals surface area contributed by atoms with Crippen molar-refractivity contribution in [2.24, 2.45) is 11.3 Å². The van der Waals surface area contributed by atoms with Gasteiger partial charge in [0.1, 0.15) is 0 Å². The van der Waals surface area contributed by atoms with Crippen LogP contribution in [0.1, 0.15) is 70.3 Å². The molecule has 0 radical (unpaired) electrons. The largest absolute Gasteiger partial charge is 0.481 e. The Bertz CT molecular complexity index is 686. The number of carboxylic acids is 1. The van der Waals surface area contributed by atoms with Crippen molar-refractivity contribution < 1.29 is 19.5 Å². The molecule has 2 atom stereocenters. The Morgan fingerprint density at radius 2 is 1.97 bits per heavy atom. The first-order valence-corrected chi connectivity index (χ1v) is 11.1.